The second kappa shape index (κ2) is 10.6. The van der Waals surface area contributed by atoms with Crippen molar-refractivity contribution in [1.29, 1.82) is 5.26 Å². The van der Waals surface area contributed by atoms with Crippen LogP contribution in [0.4, 0.5) is 0 Å². The monoisotopic (exact) mass is 530 g/mol. The number of guanidine groups is 1. The van der Waals surface area contributed by atoms with E-state index in [1.807, 2.05) is 23.1 Å². The van der Waals surface area contributed by atoms with E-state index in [1.165, 1.54) is 10.6 Å². The summed E-state index contributed by atoms with van der Waals surface area (Å²) in [4.78, 5) is 6.32. The fourth-order valence-electron chi connectivity index (χ4n) is 3.03. The fourth-order valence-corrected chi connectivity index (χ4v) is 4.46. The number of nitriles is 1. The van der Waals surface area contributed by atoms with E-state index >= 15 is 0 Å². The lowest BCUT2D eigenvalue weighted by atomic mass is 10.1. The minimum atomic E-state index is -3.43. The van der Waals surface area contributed by atoms with Gasteiger partial charge in [0.2, 0.25) is 10.0 Å². The maximum atomic E-state index is 12.5. The van der Waals surface area contributed by atoms with Gasteiger partial charge >= 0.3 is 0 Å². The summed E-state index contributed by atoms with van der Waals surface area (Å²) in [5.41, 5.74) is 1.99. The molecular formula is C18H23IN6O3S. The molecule has 11 heteroatoms. The van der Waals surface area contributed by atoms with Crippen molar-refractivity contribution in [2.75, 3.05) is 33.2 Å². The SMILES string of the molecule is CN=C(NCc1cccc(C#N)c1)N1CCN(S(=O)(=O)Cc2ccon2)CC1.I. The molecule has 1 N–H and O–H groups in total. The lowest BCUT2D eigenvalue weighted by Crippen LogP contribution is -2.53. The van der Waals surface area contributed by atoms with Crippen molar-refractivity contribution in [2.45, 2.75) is 12.3 Å². The number of nitrogens with zero attached hydrogens (tertiary/aromatic N) is 5. The largest absolute Gasteiger partial charge is 0.364 e. The molecule has 0 unspecified atom stereocenters. The third-order valence-electron chi connectivity index (χ3n) is 4.47. The minimum Gasteiger partial charge on any atom is -0.364 e. The maximum Gasteiger partial charge on any atom is 0.220 e. The Labute approximate surface area is 187 Å². The predicted octanol–water partition coefficient (Wildman–Crippen LogP) is 1.39. The average Bonchev–Trinajstić information content (AvgIpc) is 3.21. The molecule has 1 aliphatic heterocycles. The van der Waals surface area contributed by atoms with Gasteiger partial charge in [-0.25, -0.2) is 8.42 Å². The molecule has 3 rings (SSSR count). The van der Waals surface area contributed by atoms with E-state index in [-0.39, 0.29) is 29.7 Å². The van der Waals surface area contributed by atoms with Crippen molar-refractivity contribution in [3.63, 3.8) is 0 Å². The van der Waals surface area contributed by atoms with Crippen molar-refractivity contribution < 1.29 is 12.9 Å². The molecule has 0 saturated carbocycles. The Balaban J connectivity index is 0.00000300. The Morgan fingerprint density at radius 2 is 2.07 bits per heavy atom. The maximum absolute atomic E-state index is 12.5. The standard InChI is InChI=1S/C18H22N6O3S.HI/c1-20-18(21-13-16-4-2-3-15(11-16)12-19)23-6-8-24(9-7-23)28(25,26)14-17-5-10-27-22-17;/h2-5,10-11H,6-9,13-14H2,1H3,(H,20,21);1H. The van der Waals surface area contributed by atoms with Gasteiger partial charge in [0, 0.05) is 45.8 Å². The highest BCUT2D eigenvalue weighted by atomic mass is 127. The van der Waals surface area contributed by atoms with Gasteiger partial charge < -0.3 is 14.7 Å². The summed E-state index contributed by atoms with van der Waals surface area (Å²) >= 11 is 0. The van der Waals surface area contributed by atoms with Crippen LogP contribution in [0.15, 0.2) is 46.1 Å². The zero-order valence-corrected chi connectivity index (χ0v) is 19.1. The van der Waals surface area contributed by atoms with Crippen LogP contribution in [0.25, 0.3) is 0 Å². The van der Waals surface area contributed by atoms with Crippen LogP contribution in [0.5, 0.6) is 0 Å². The van der Waals surface area contributed by atoms with Crippen LogP contribution >= 0.6 is 24.0 Å². The van der Waals surface area contributed by atoms with Gasteiger partial charge in [-0.1, -0.05) is 17.3 Å². The number of nitrogens with one attached hydrogen (secondary N) is 1. The number of aromatic nitrogens is 1. The molecule has 2 aromatic rings. The van der Waals surface area contributed by atoms with Gasteiger partial charge in [0.1, 0.15) is 12.0 Å². The topological polar surface area (TPSA) is 115 Å². The van der Waals surface area contributed by atoms with E-state index in [0.717, 1.165) is 5.56 Å². The summed E-state index contributed by atoms with van der Waals surface area (Å²) in [6.07, 6.45) is 1.37. The van der Waals surface area contributed by atoms with Crippen LogP contribution in [-0.4, -0.2) is 62.0 Å². The molecule has 0 aliphatic carbocycles. The summed E-state index contributed by atoms with van der Waals surface area (Å²) in [5, 5.41) is 15.9. The van der Waals surface area contributed by atoms with E-state index in [4.69, 9.17) is 9.78 Å². The Bertz CT molecular complexity index is 964. The predicted molar refractivity (Wildman–Crippen MR) is 119 cm³/mol. The third-order valence-corrected chi connectivity index (χ3v) is 6.28. The van der Waals surface area contributed by atoms with Crippen molar-refractivity contribution in [3.05, 3.63) is 53.4 Å². The lowest BCUT2D eigenvalue weighted by molar-refractivity contribution is 0.259. The van der Waals surface area contributed by atoms with Crippen LogP contribution in [-0.2, 0) is 22.3 Å². The molecule has 1 saturated heterocycles. The van der Waals surface area contributed by atoms with Gasteiger partial charge in [0.05, 0.1) is 17.3 Å². The molecule has 9 nitrogen and oxygen atoms in total. The van der Waals surface area contributed by atoms with Gasteiger partial charge in [-0.15, -0.1) is 24.0 Å². The lowest BCUT2D eigenvalue weighted by Gasteiger charge is -2.35. The zero-order valence-electron chi connectivity index (χ0n) is 16.0. The van der Waals surface area contributed by atoms with Crippen LogP contribution in [0.3, 0.4) is 0 Å². The summed E-state index contributed by atoms with van der Waals surface area (Å²) in [6, 6.07) is 11.1. The molecule has 0 spiro atoms. The quantitative estimate of drug-likeness (QED) is 0.353. The molecule has 0 amide bonds. The highest BCUT2D eigenvalue weighted by molar-refractivity contribution is 14.0. The van der Waals surface area contributed by atoms with E-state index < -0.39 is 10.0 Å². The molecule has 29 heavy (non-hydrogen) atoms. The molecule has 1 aliphatic rings. The summed E-state index contributed by atoms with van der Waals surface area (Å²) in [5.74, 6) is 0.544. The van der Waals surface area contributed by atoms with Crippen molar-refractivity contribution in [2.24, 2.45) is 4.99 Å². The minimum absolute atomic E-state index is 0. The molecule has 1 fully saturated rings. The second-order valence-electron chi connectivity index (χ2n) is 6.35. The molecule has 0 bridgehead atoms. The number of halogens is 1. The summed E-state index contributed by atoms with van der Waals surface area (Å²) in [6.45, 7) is 2.37. The normalized spacial score (nSPS) is 15.4. The molecule has 0 atom stereocenters. The molecule has 1 aromatic carbocycles. The van der Waals surface area contributed by atoms with Gasteiger partial charge in [-0.3, -0.25) is 4.99 Å². The molecule has 156 valence electrons. The highest BCUT2D eigenvalue weighted by Crippen LogP contribution is 2.13. The van der Waals surface area contributed by atoms with E-state index in [9.17, 15) is 8.42 Å². The van der Waals surface area contributed by atoms with E-state index in [1.54, 1.807) is 19.2 Å². The first kappa shape index (κ1) is 23.1. The number of sulfonamides is 1. The number of piperazine rings is 1. The van der Waals surface area contributed by atoms with Crippen LogP contribution in [0.2, 0.25) is 0 Å². The smallest absolute Gasteiger partial charge is 0.220 e. The molecule has 0 radical (unpaired) electrons. The van der Waals surface area contributed by atoms with Crippen LogP contribution in [0.1, 0.15) is 16.8 Å². The van der Waals surface area contributed by atoms with Gasteiger partial charge in [0.25, 0.3) is 0 Å². The highest BCUT2D eigenvalue weighted by Gasteiger charge is 2.28. The van der Waals surface area contributed by atoms with Crippen LogP contribution in [0, 0.1) is 11.3 Å². The molecule has 1 aromatic heterocycles. The average molecular weight is 530 g/mol. The Kier molecular flexibility index (Phi) is 8.42. The van der Waals surface area contributed by atoms with Gasteiger partial charge in [-0.2, -0.15) is 9.57 Å². The number of hydrogen-bond acceptors (Lipinski definition) is 6. The molecule has 2 heterocycles. The van der Waals surface area contributed by atoms with Crippen molar-refractivity contribution in [3.8, 4) is 6.07 Å². The van der Waals surface area contributed by atoms with Gasteiger partial charge in [-0.05, 0) is 17.7 Å². The first-order valence-corrected chi connectivity index (χ1v) is 10.4. The Morgan fingerprint density at radius 1 is 1.31 bits per heavy atom. The molecular weight excluding hydrogens is 507 g/mol. The Hall–Kier alpha value is -2.17. The Morgan fingerprint density at radius 3 is 2.69 bits per heavy atom. The van der Waals surface area contributed by atoms with E-state index in [2.05, 4.69) is 21.5 Å². The zero-order chi connectivity index (χ0) is 20.0. The van der Waals surface area contributed by atoms with Crippen molar-refractivity contribution in [1.82, 2.24) is 19.7 Å². The second-order valence-corrected chi connectivity index (χ2v) is 8.31. The number of rotatable bonds is 5. The van der Waals surface area contributed by atoms with Crippen LogP contribution < -0.4 is 5.32 Å². The number of aliphatic imine (C=N–C) groups is 1. The summed E-state index contributed by atoms with van der Waals surface area (Å²) in [7, 11) is -1.74. The summed E-state index contributed by atoms with van der Waals surface area (Å²) < 4.78 is 31.2. The van der Waals surface area contributed by atoms with E-state index in [0.29, 0.717) is 49.9 Å². The fraction of sp³-hybridized carbons (Fsp3) is 0.389. The number of benzene rings is 1. The van der Waals surface area contributed by atoms with Crippen molar-refractivity contribution >= 4 is 40.0 Å². The first-order valence-electron chi connectivity index (χ1n) is 8.83. The third kappa shape index (κ3) is 6.15. The van der Waals surface area contributed by atoms with Gasteiger partial charge in [0.15, 0.2) is 5.96 Å². The number of hydrogen-bond donors (Lipinski definition) is 1. The first-order chi connectivity index (χ1) is 13.5.